The Labute approximate surface area is 189 Å². The van der Waals surface area contributed by atoms with E-state index in [0.29, 0.717) is 22.2 Å². The molecular formula is C24H22N2O5S. The Morgan fingerprint density at radius 3 is 2.75 bits per heavy atom. The number of hydrogen-bond acceptors (Lipinski definition) is 7. The lowest BCUT2D eigenvalue weighted by atomic mass is 10.1. The van der Waals surface area contributed by atoms with E-state index in [4.69, 9.17) is 9.47 Å². The molecule has 1 amide bonds. The van der Waals surface area contributed by atoms with Crippen LogP contribution in [0.2, 0.25) is 0 Å². The van der Waals surface area contributed by atoms with E-state index in [-0.39, 0.29) is 6.61 Å². The second-order valence-electron chi connectivity index (χ2n) is 7.31. The summed E-state index contributed by atoms with van der Waals surface area (Å²) in [6.45, 7) is 1.52. The van der Waals surface area contributed by atoms with E-state index in [2.05, 4.69) is 10.3 Å². The normalized spacial score (nSPS) is 13.3. The van der Waals surface area contributed by atoms with Gasteiger partial charge in [0, 0.05) is 11.5 Å². The number of nitrogens with one attached hydrogen (secondary N) is 1. The molecular weight excluding hydrogens is 428 g/mol. The molecule has 3 aromatic rings. The molecule has 7 nitrogen and oxygen atoms in total. The smallest absolute Gasteiger partial charge is 0.341 e. The third kappa shape index (κ3) is 5.20. The van der Waals surface area contributed by atoms with Crippen LogP contribution in [0.4, 0.5) is 5.00 Å². The van der Waals surface area contributed by atoms with Crippen molar-refractivity contribution in [3.8, 4) is 0 Å². The van der Waals surface area contributed by atoms with Crippen molar-refractivity contribution >= 4 is 51.2 Å². The van der Waals surface area contributed by atoms with Crippen LogP contribution in [0, 0.1) is 0 Å². The van der Waals surface area contributed by atoms with Gasteiger partial charge in [0.25, 0.3) is 5.91 Å². The Balaban J connectivity index is 1.34. The van der Waals surface area contributed by atoms with Crippen molar-refractivity contribution in [1.29, 1.82) is 0 Å². The minimum Gasteiger partial charge on any atom is -0.462 e. The number of esters is 2. The molecule has 0 radical (unpaired) electrons. The zero-order chi connectivity index (χ0) is 22.5. The highest BCUT2D eigenvalue weighted by Gasteiger charge is 2.32. The number of pyridine rings is 1. The quantitative estimate of drug-likeness (QED) is 0.400. The third-order valence-corrected chi connectivity index (χ3v) is 5.84. The number of anilines is 1. The molecule has 8 heteroatoms. The van der Waals surface area contributed by atoms with Gasteiger partial charge in [-0.15, -0.1) is 11.3 Å². The maximum absolute atomic E-state index is 12.4. The van der Waals surface area contributed by atoms with Crippen LogP contribution in [0.1, 0.15) is 47.3 Å². The highest BCUT2D eigenvalue weighted by molar-refractivity contribution is 7.15. The van der Waals surface area contributed by atoms with Crippen LogP contribution in [0.5, 0.6) is 0 Å². The molecule has 32 heavy (non-hydrogen) atoms. The summed E-state index contributed by atoms with van der Waals surface area (Å²) >= 11 is 1.27. The van der Waals surface area contributed by atoms with Crippen LogP contribution in [-0.4, -0.2) is 36.0 Å². The number of para-hydroxylation sites is 1. The molecule has 2 heterocycles. The monoisotopic (exact) mass is 450 g/mol. The van der Waals surface area contributed by atoms with Gasteiger partial charge in [-0.25, -0.2) is 14.6 Å². The molecule has 0 aliphatic heterocycles. The Morgan fingerprint density at radius 2 is 1.97 bits per heavy atom. The van der Waals surface area contributed by atoms with E-state index in [0.717, 1.165) is 29.3 Å². The van der Waals surface area contributed by atoms with Gasteiger partial charge in [0.15, 0.2) is 6.61 Å². The number of hydrogen-bond donors (Lipinski definition) is 1. The van der Waals surface area contributed by atoms with E-state index in [1.165, 1.54) is 23.5 Å². The van der Waals surface area contributed by atoms with Crippen LogP contribution in [0.15, 0.2) is 47.9 Å². The van der Waals surface area contributed by atoms with Crippen molar-refractivity contribution in [3.05, 3.63) is 64.7 Å². The Hall–Kier alpha value is -3.52. The van der Waals surface area contributed by atoms with E-state index in [1.54, 1.807) is 13.0 Å². The van der Waals surface area contributed by atoms with Crippen molar-refractivity contribution in [2.75, 3.05) is 18.5 Å². The van der Waals surface area contributed by atoms with Crippen LogP contribution >= 0.6 is 11.3 Å². The van der Waals surface area contributed by atoms with Crippen LogP contribution in [0.25, 0.3) is 17.0 Å². The van der Waals surface area contributed by atoms with Crippen LogP contribution < -0.4 is 5.32 Å². The lowest BCUT2D eigenvalue weighted by Gasteiger charge is -2.08. The molecule has 1 N–H and O–H groups in total. The number of carbonyl (C=O) groups excluding carboxylic acids is 3. The van der Waals surface area contributed by atoms with E-state index in [1.807, 2.05) is 35.7 Å². The van der Waals surface area contributed by atoms with E-state index in [9.17, 15) is 14.4 Å². The number of carbonyl (C=O) groups is 3. The van der Waals surface area contributed by atoms with Gasteiger partial charge in [0.2, 0.25) is 0 Å². The van der Waals surface area contributed by atoms with E-state index < -0.39 is 24.5 Å². The summed E-state index contributed by atoms with van der Waals surface area (Å²) in [4.78, 5) is 41.1. The SMILES string of the molecule is CCOC(=O)c1c(C2CC2)csc1NC(=O)COC(=O)/C=C/c1ccc2ccccc2n1. The molecule has 1 aliphatic rings. The Morgan fingerprint density at radius 1 is 1.16 bits per heavy atom. The molecule has 0 saturated heterocycles. The first-order valence-corrected chi connectivity index (χ1v) is 11.2. The molecule has 1 aliphatic carbocycles. The summed E-state index contributed by atoms with van der Waals surface area (Å²) in [6.07, 6.45) is 4.80. The van der Waals surface area contributed by atoms with Crippen LogP contribution in [0.3, 0.4) is 0 Å². The van der Waals surface area contributed by atoms with Crippen molar-refractivity contribution in [2.45, 2.75) is 25.7 Å². The van der Waals surface area contributed by atoms with Crippen LogP contribution in [-0.2, 0) is 19.1 Å². The first kappa shape index (κ1) is 21.7. The number of aromatic nitrogens is 1. The summed E-state index contributed by atoms with van der Waals surface area (Å²) < 4.78 is 10.2. The lowest BCUT2D eigenvalue weighted by molar-refractivity contribution is -0.142. The topological polar surface area (TPSA) is 94.6 Å². The third-order valence-electron chi connectivity index (χ3n) is 4.92. The molecule has 0 bridgehead atoms. The van der Waals surface area contributed by atoms with Gasteiger partial charge in [-0.05, 0) is 54.8 Å². The average Bonchev–Trinajstić information content (AvgIpc) is 3.56. The number of thiophene rings is 1. The summed E-state index contributed by atoms with van der Waals surface area (Å²) in [7, 11) is 0. The van der Waals surface area contributed by atoms with Crippen molar-refractivity contribution in [3.63, 3.8) is 0 Å². The fourth-order valence-electron chi connectivity index (χ4n) is 3.25. The second kappa shape index (κ2) is 9.74. The summed E-state index contributed by atoms with van der Waals surface area (Å²) in [6, 6.07) is 11.4. The molecule has 0 atom stereocenters. The van der Waals surface area contributed by atoms with Gasteiger partial charge in [-0.3, -0.25) is 4.79 Å². The zero-order valence-electron chi connectivity index (χ0n) is 17.5. The van der Waals surface area contributed by atoms with Gasteiger partial charge < -0.3 is 14.8 Å². The predicted molar refractivity (Wildman–Crippen MR) is 123 cm³/mol. The predicted octanol–water partition coefficient (Wildman–Crippen LogP) is 4.55. The highest BCUT2D eigenvalue weighted by atomic mass is 32.1. The molecule has 2 aromatic heterocycles. The molecule has 164 valence electrons. The van der Waals surface area contributed by atoms with Gasteiger partial charge in [-0.2, -0.15) is 0 Å². The standard InChI is InChI=1S/C24H22N2O5S/c1-2-30-24(29)22-18(15-7-8-15)14-32-23(22)26-20(27)13-31-21(28)12-11-17-10-9-16-5-3-4-6-19(16)25-17/h3-6,9-12,14-15H,2,7-8,13H2,1H3,(H,26,27)/b12-11+. The summed E-state index contributed by atoms with van der Waals surface area (Å²) in [5, 5.41) is 5.97. The summed E-state index contributed by atoms with van der Waals surface area (Å²) in [5.74, 6) is -1.30. The lowest BCUT2D eigenvalue weighted by Crippen LogP contribution is -2.21. The van der Waals surface area contributed by atoms with Crippen molar-refractivity contribution in [2.24, 2.45) is 0 Å². The van der Waals surface area contributed by atoms with Gasteiger partial charge in [0.05, 0.1) is 23.4 Å². The highest BCUT2D eigenvalue weighted by Crippen LogP contribution is 2.46. The maximum Gasteiger partial charge on any atom is 0.341 e. The second-order valence-corrected chi connectivity index (χ2v) is 8.19. The fourth-order valence-corrected chi connectivity index (χ4v) is 4.29. The molecule has 0 unspecified atom stereocenters. The Bertz CT molecular complexity index is 1200. The van der Waals surface area contributed by atoms with Gasteiger partial charge in [-0.1, -0.05) is 24.3 Å². The number of fused-ring (bicyclic) bond motifs is 1. The van der Waals surface area contributed by atoms with E-state index >= 15 is 0 Å². The number of nitrogens with zero attached hydrogens (tertiary/aromatic N) is 1. The maximum atomic E-state index is 12.4. The molecule has 1 aromatic carbocycles. The number of amides is 1. The number of benzene rings is 1. The minimum atomic E-state index is -0.662. The Kier molecular flexibility index (Phi) is 6.61. The average molecular weight is 451 g/mol. The minimum absolute atomic E-state index is 0.252. The molecule has 0 spiro atoms. The number of rotatable bonds is 8. The molecule has 4 rings (SSSR count). The van der Waals surface area contributed by atoms with Crippen molar-refractivity contribution in [1.82, 2.24) is 4.98 Å². The molecule has 1 fully saturated rings. The van der Waals surface area contributed by atoms with Gasteiger partial charge in [0.1, 0.15) is 5.00 Å². The summed E-state index contributed by atoms with van der Waals surface area (Å²) in [5.41, 5.74) is 2.74. The largest absolute Gasteiger partial charge is 0.462 e. The van der Waals surface area contributed by atoms with Gasteiger partial charge >= 0.3 is 11.9 Å². The molecule has 1 saturated carbocycles. The first-order valence-electron chi connectivity index (χ1n) is 10.3. The first-order chi connectivity index (χ1) is 15.5. The van der Waals surface area contributed by atoms with Crippen molar-refractivity contribution < 1.29 is 23.9 Å². The fraction of sp³-hybridized carbons (Fsp3) is 0.250. The zero-order valence-corrected chi connectivity index (χ0v) is 18.3. The number of ether oxygens (including phenoxy) is 2.